The van der Waals surface area contributed by atoms with Gasteiger partial charge in [-0.05, 0) is 41.3 Å². The molecule has 0 saturated heterocycles. The van der Waals surface area contributed by atoms with Crippen LogP contribution < -0.4 is 14.4 Å². The third-order valence-electron chi connectivity index (χ3n) is 5.47. The Labute approximate surface area is 199 Å². The van der Waals surface area contributed by atoms with Crippen LogP contribution in [0.2, 0.25) is 0 Å². The van der Waals surface area contributed by atoms with Gasteiger partial charge in [0.15, 0.2) is 5.78 Å². The van der Waals surface area contributed by atoms with E-state index in [-0.39, 0.29) is 0 Å². The molecule has 0 heterocycles. The Balaban J connectivity index is 1.63. The number of hydrogen-bond acceptors (Lipinski definition) is 4. The van der Waals surface area contributed by atoms with Gasteiger partial charge in [0.05, 0.1) is 0 Å². The summed E-state index contributed by atoms with van der Waals surface area (Å²) in [4.78, 5) is 0. The van der Waals surface area contributed by atoms with Crippen LogP contribution >= 0.6 is 7.60 Å². The van der Waals surface area contributed by atoms with Crippen LogP contribution in [-0.2, 0) is 4.57 Å². The summed E-state index contributed by atoms with van der Waals surface area (Å²) in [6.07, 6.45) is 0. The number of anilines is 1. The van der Waals surface area contributed by atoms with E-state index in [4.69, 9.17) is 9.05 Å². The molecule has 0 amide bonds. The van der Waals surface area contributed by atoms with Crippen LogP contribution in [0.1, 0.15) is 11.3 Å². The predicted molar refractivity (Wildman–Crippen MR) is 139 cm³/mol. The first-order chi connectivity index (χ1) is 16.7. The minimum atomic E-state index is -3.85. The zero-order valence-electron chi connectivity index (χ0n) is 18.5. The van der Waals surface area contributed by atoms with Crippen molar-refractivity contribution in [2.75, 3.05) is 5.32 Å². The molecule has 0 fully saturated rings. The highest BCUT2D eigenvalue weighted by atomic mass is 31.2. The number of nitrogens with one attached hydrogen (secondary N) is 1. The largest absolute Gasteiger partial charge is 0.457 e. The Hall–Kier alpha value is -4.01. The summed E-state index contributed by atoms with van der Waals surface area (Å²) in [5.74, 6) is 0.185. The zero-order valence-corrected chi connectivity index (χ0v) is 19.3. The number of fused-ring (bicyclic) bond motifs is 1. The Morgan fingerprint density at radius 3 is 1.68 bits per heavy atom. The van der Waals surface area contributed by atoms with E-state index in [0.717, 1.165) is 22.0 Å². The van der Waals surface area contributed by atoms with Crippen LogP contribution in [0.25, 0.3) is 10.8 Å². The van der Waals surface area contributed by atoms with Gasteiger partial charge in [-0.15, -0.1) is 0 Å². The van der Waals surface area contributed by atoms with Crippen molar-refractivity contribution >= 4 is 24.1 Å². The molecular weight excluding hydrogens is 441 g/mol. The molecule has 5 aromatic rings. The molecule has 1 atom stereocenters. The lowest BCUT2D eigenvalue weighted by Gasteiger charge is -2.29. The van der Waals surface area contributed by atoms with Crippen molar-refractivity contribution in [3.8, 4) is 11.5 Å². The first kappa shape index (κ1) is 21.8. The highest BCUT2D eigenvalue weighted by Crippen LogP contribution is 2.60. The Morgan fingerprint density at radius 2 is 1.06 bits per heavy atom. The molecule has 0 aromatic heterocycles. The van der Waals surface area contributed by atoms with Crippen LogP contribution in [0.5, 0.6) is 11.5 Å². The first-order valence-electron chi connectivity index (χ1n) is 11.1. The van der Waals surface area contributed by atoms with Crippen molar-refractivity contribution in [3.63, 3.8) is 0 Å². The molecule has 0 aliphatic heterocycles. The predicted octanol–water partition coefficient (Wildman–Crippen LogP) is 8.30. The van der Waals surface area contributed by atoms with Gasteiger partial charge in [0.2, 0.25) is 0 Å². The van der Waals surface area contributed by atoms with Crippen molar-refractivity contribution in [2.45, 2.75) is 5.78 Å². The summed E-state index contributed by atoms with van der Waals surface area (Å²) in [6.45, 7) is 0. The summed E-state index contributed by atoms with van der Waals surface area (Å²) in [6, 6.07) is 42.0. The number of para-hydroxylation sites is 2. The smallest absolute Gasteiger partial charge is 0.414 e. The molecule has 5 rings (SSSR count). The molecule has 1 unspecified atom stereocenters. The van der Waals surface area contributed by atoms with Crippen LogP contribution in [0.15, 0.2) is 133 Å². The number of rotatable bonds is 8. The van der Waals surface area contributed by atoms with Crippen LogP contribution in [0, 0.1) is 0 Å². The lowest BCUT2D eigenvalue weighted by atomic mass is 10.1. The van der Waals surface area contributed by atoms with Crippen LogP contribution in [0.4, 0.5) is 5.69 Å². The molecular formula is C29H24NO3P. The second-order valence-electron chi connectivity index (χ2n) is 7.83. The van der Waals surface area contributed by atoms with Crippen LogP contribution in [-0.4, -0.2) is 0 Å². The van der Waals surface area contributed by atoms with Gasteiger partial charge in [-0.2, -0.15) is 0 Å². The van der Waals surface area contributed by atoms with Gasteiger partial charge in [0, 0.05) is 11.1 Å². The quantitative estimate of drug-likeness (QED) is 0.234. The molecule has 4 nitrogen and oxygen atoms in total. The lowest BCUT2D eigenvalue weighted by molar-refractivity contribution is 0.376. The fourth-order valence-corrected chi connectivity index (χ4v) is 5.77. The van der Waals surface area contributed by atoms with E-state index in [9.17, 15) is 4.57 Å². The fourth-order valence-electron chi connectivity index (χ4n) is 3.86. The van der Waals surface area contributed by atoms with Crippen molar-refractivity contribution in [1.82, 2.24) is 0 Å². The van der Waals surface area contributed by atoms with Crippen molar-refractivity contribution in [1.29, 1.82) is 0 Å². The molecule has 5 aromatic carbocycles. The van der Waals surface area contributed by atoms with E-state index in [2.05, 4.69) is 17.4 Å². The molecule has 0 saturated carbocycles. The zero-order chi connectivity index (χ0) is 23.2. The summed E-state index contributed by atoms with van der Waals surface area (Å²) in [5.41, 5.74) is 1.64. The van der Waals surface area contributed by atoms with Gasteiger partial charge in [-0.3, -0.25) is 0 Å². The average Bonchev–Trinajstić information content (AvgIpc) is 2.89. The summed E-state index contributed by atoms with van der Waals surface area (Å²) < 4.78 is 27.0. The summed E-state index contributed by atoms with van der Waals surface area (Å²) >= 11 is 0. The SMILES string of the molecule is O=P(Oc1ccccc1)(Oc1ccccc1)C(Nc1cccc2ccccc12)c1ccccc1. The molecule has 1 N–H and O–H groups in total. The van der Waals surface area contributed by atoms with E-state index in [1.807, 2.05) is 97.1 Å². The van der Waals surface area contributed by atoms with Gasteiger partial charge in [-0.1, -0.05) is 103 Å². The normalized spacial score (nSPS) is 12.1. The minimum Gasteiger partial charge on any atom is -0.414 e. The Morgan fingerprint density at radius 1 is 0.559 bits per heavy atom. The second-order valence-corrected chi connectivity index (χ2v) is 9.79. The lowest BCUT2D eigenvalue weighted by Crippen LogP contribution is -2.18. The van der Waals surface area contributed by atoms with E-state index in [0.29, 0.717) is 11.5 Å². The monoisotopic (exact) mass is 465 g/mol. The van der Waals surface area contributed by atoms with Gasteiger partial charge in [-0.25, -0.2) is 4.57 Å². The first-order valence-corrected chi connectivity index (χ1v) is 12.7. The summed E-state index contributed by atoms with van der Waals surface area (Å²) in [5, 5.41) is 5.62. The maximum absolute atomic E-state index is 14.7. The van der Waals surface area contributed by atoms with Crippen molar-refractivity contribution in [3.05, 3.63) is 139 Å². The highest BCUT2D eigenvalue weighted by molar-refractivity contribution is 7.55. The molecule has 0 aliphatic carbocycles. The molecule has 0 spiro atoms. The molecule has 34 heavy (non-hydrogen) atoms. The van der Waals surface area contributed by atoms with E-state index < -0.39 is 13.4 Å². The maximum Gasteiger partial charge on any atom is 0.457 e. The van der Waals surface area contributed by atoms with Gasteiger partial charge in [0.1, 0.15) is 11.5 Å². The third kappa shape index (κ3) is 4.83. The molecule has 168 valence electrons. The topological polar surface area (TPSA) is 47.6 Å². The highest BCUT2D eigenvalue weighted by Gasteiger charge is 2.41. The standard InChI is InChI=1S/C29H24NO3P/c31-34(32-25-17-6-2-7-18-25,33-26-19-8-3-9-20-26)29(24-14-4-1-5-15-24)30-28-22-12-16-23-13-10-11-21-27(23)28/h1-22,29-30H. The van der Waals surface area contributed by atoms with Gasteiger partial charge >= 0.3 is 7.60 Å². The molecule has 0 radical (unpaired) electrons. The average molecular weight is 465 g/mol. The van der Waals surface area contributed by atoms with Gasteiger partial charge < -0.3 is 14.4 Å². The van der Waals surface area contributed by atoms with E-state index >= 15 is 0 Å². The van der Waals surface area contributed by atoms with E-state index in [1.165, 1.54) is 0 Å². The van der Waals surface area contributed by atoms with E-state index in [1.54, 1.807) is 24.3 Å². The Kier molecular flexibility index (Phi) is 6.33. The van der Waals surface area contributed by atoms with Crippen molar-refractivity contribution in [2.24, 2.45) is 0 Å². The summed E-state index contributed by atoms with van der Waals surface area (Å²) in [7, 11) is -3.85. The third-order valence-corrected chi connectivity index (χ3v) is 7.46. The fraction of sp³-hybridized carbons (Fsp3) is 0.0345. The number of benzene rings is 5. The maximum atomic E-state index is 14.7. The van der Waals surface area contributed by atoms with Crippen LogP contribution in [0.3, 0.4) is 0 Å². The minimum absolute atomic E-state index is 0.474. The Bertz CT molecular complexity index is 1360. The van der Waals surface area contributed by atoms with Crippen molar-refractivity contribution < 1.29 is 13.6 Å². The molecule has 0 aliphatic rings. The second kappa shape index (κ2) is 9.86. The molecule has 0 bridgehead atoms. The number of hydrogen-bond donors (Lipinski definition) is 1. The molecule has 5 heteroatoms. The van der Waals surface area contributed by atoms with Gasteiger partial charge in [0.25, 0.3) is 0 Å².